The fourth-order valence-electron chi connectivity index (χ4n) is 2.79. The monoisotopic (exact) mass is 338 g/mol. The molecule has 0 radical (unpaired) electrons. The van der Waals surface area contributed by atoms with E-state index < -0.39 is 9.84 Å². The Labute approximate surface area is 133 Å². The van der Waals surface area contributed by atoms with E-state index in [0.29, 0.717) is 12.8 Å². The van der Waals surface area contributed by atoms with Crippen LogP contribution in [0.15, 0.2) is 41.4 Å². The lowest BCUT2D eigenvalue weighted by atomic mass is 10.1. The van der Waals surface area contributed by atoms with Crippen molar-refractivity contribution >= 4 is 27.1 Å². The highest BCUT2D eigenvalue weighted by Crippen LogP contribution is 2.24. The van der Waals surface area contributed by atoms with Gasteiger partial charge in [-0.2, -0.15) is 11.3 Å². The molecule has 0 spiro atoms. The molecule has 5 nitrogen and oxygen atoms in total. The number of carbonyl (C=O) groups excluding carboxylic acids is 1. The minimum Gasteiger partial charge on any atom is -0.352 e. The number of nitrogens with zero attached hydrogens (tertiary/aromatic N) is 1. The number of hydrogen-bond acceptors (Lipinski definition) is 4. The first-order valence-corrected chi connectivity index (χ1v) is 9.94. The van der Waals surface area contributed by atoms with Crippen LogP contribution in [0.25, 0.3) is 0 Å². The fourth-order valence-corrected chi connectivity index (χ4v) is 5.17. The van der Waals surface area contributed by atoms with Gasteiger partial charge in [-0.15, -0.1) is 0 Å². The first-order valence-electron chi connectivity index (χ1n) is 7.18. The van der Waals surface area contributed by atoms with Crippen LogP contribution < -0.4 is 5.32 Å². The molecule has 2 unspecified atom stereocenters. The van der Waals surface area contributed by atoms with Gasteiger partial charge in [0.15, 0.2) is 9.84 Å². The van der Waals surface area contributed by atoms with Crippen LogP contribution >= 0.6 is 11.3 Å². The molecule has 2 atom stereocenters. The molecule has 2 aromatic heterocycles. The van der Waals surface area contributed by atoms with Crippen molar-refractivity contribution in [2.24, 2.45) is 0 Å². The van der Waals surface area contributed by atoms with E-state index in [1.165, 1.54) is 0 Å². The Morgan fingerprint density at radius 3 is 2.77 bits per heavy atom. The number of hydrogen-bond donors (Lipinski definition) is 1. The molecule has 0 aliphatic carbocycles. The average molecular weight is 338 g/mol. The van der Waals surface area contributed by atoms with Gasteiger partial charge in [0.05, 0.1) is 24.0 Å². The maximum atomic E-state index is 12.3. The van der Waals surface area contributed by atoms with Crippen molar-refractivity contribution in [3.05, 3.63) is 46.9 Å². The first kappa shape index (κ1) is 15.3. The van der Waals surface area contributed by atoms with Crippen LogP contribution in [-0.4, -0.2) is 36.4 Å². The second kappa shape index (κ2) is 6.26. The largest absolute Gasteiger partial charge is 0.352 e. The summed E-state index contributed by atoms with van der Waals surface area (Å²) in [5.41, 5.74) is 1.09. The van der Waals surface area contributed by atoms with E-state index in [1.807, 2.05) is 45.9 Å². The number of sulfone groups is 1. The third-order valence-electron chi connectivity index (χ3n) is 3.89. The van der Waals surface area contributed by atoms with Crippen LogP contribution in [0, 0.1) is 0 Å². The predicted octanol–water partition coefficient (Wildman–Crippen LogP) is 1.83. The van der Waals surface area contributed by atoms with E-state index in [9.17, 15) is 13.2 Å². The molecule has 0 bridgehead atoms. The van der Waals surface area contributed by atoms with Crippen molar-refractivity contribution in [2.75, 3.05) is 11.5 Å². The molecule has 1 aliphatic heterocycles. The number of thiophene rings is 1. The molecule has 0 aromatic carbocycles. The smallest absolute Gasteiger partial charge is 0.222 e. The lowest BCUT2D eigenvalue weighted by Gasteiger charge is -2.19. The van der Waals surface area contributed by atoms with E-state index in [-0.39, 0.29) is 29.5 Å². The van der Waals surface area contributed by atoms with Gasteiger partial charge in [-0.05, 0) is 40.9 Å². The van der Waals surface area contributed by atoms with E-state index in [0.717, 1.165) is 5.56 Å². The third kappa shape index (κ3) is 3.59. The van der Waals surface area contributed by atoms with Gasteiger partial charge in [0.1, 0.15) is 0 Å². The number of rotatable bonds is 5. The average Bonchev–Trinajstić information content (AvgIpc) is 3.17. The van der Waals surface area contributed by atoms with Gasteiger partial charge in [-0.3, -0.25) is 4.79 Å². The van der Waals surface area contributed by atoms with E-state index in [1.54, 1.807) is 11.3 Å². The summed E-state index contributed by atoms with van der Waals surface area (Å²) in [7, 11) is -2.97. The van der Waals surface area contributed by atoms with Crippen LogP contribution in [0.4, 0.5) is 0 Å². The summed E-state index contributed by atoms with van der Waals surface area (Å²) >= 11 is 1.60. The fraction of sp³-hybridized carbons (Fsp3) is 0.400. The Balaban J connectivity index is 1.68. The number of aromatic nitrogens is 1. The molecule has 7 heteroatoms. The Bertz CT molecular complexity index is 687. The summed E-state index contributed by atoms with van der Waals surface area (Å²) in [5, 5.41) is 6.89. The lowest BCUT2D eigenvalue weighted by molar-refractivity contribution is -0.122. The molecular weight excluding hydrogens is 320 g/mol. The molecule has 3 heterocycles. The maximum absolute atomic E-state index is 12.3. The minimum absolute atomic E-state index is 0.0562. The van der Waals surface area contributed by atoms with E-state index >= 15 is 0 Å². The van der Waals surface area contributed by atoms with Gasteiger partial charge in [0, 0.05) is 18.4 Å². The molecule has 1 aliphatic rings. The Morgan fingerprint density at radius 1 is 1.41 bits per heavy atom. The Kier molecular flexibility index (Phi) is 4.35. The molecule has 3 rings (SSSR count). The van der Waals surface area contributed by atoms with Crippen molar-refractivity contribution in [2.45, 2.75) is 24.9 Å². The molecule has 1 saturated heterocycles. The van der Waals surface area contributed by atoms with Crippen LogP contribution in [0.2, 0.25) is 0 Å². The highest BCUT2D eigenvalue weighted by molar-refractivity contribution is 7.91. The molecule has 1 fully saturated rings. The van der Waals surface area contributed by atoms with Crippen molar-refractivity contribution in [3.63, 3.8) is 0 Å². The third-order valence-corrected chi connectivity index (χ3v) is 6.36. The standard InChI is InChI=1S/C15H18N2O3S2/c18-15(16-13-4-8-22(19,20)11-13)9-14(12-3-7-21-10-12)17-5-1-2-6-17/h1-3,5-7,10,13-14H,4,8-9,11H2,(H,16,18). The highest BCUT2D eigenvalue weighted by atomic mass is 32.2. The van der Waals surface area contributed by atoms with Crippen LogP contribution in [0.5, 0.6) is 0 Å². The molecule has 2 aromatic rings. The first-order chi connectivity index (χ1) is 10.5. The number of carbonyl (C=O) groups is 1. The van der Waals surface area contributed by atoms with E-state index in [2.05, 4.69) is 5.32 Å². The zero-order valence-corrected chi connectivity index (χ0v) is 13.6. The quantitative estimate of drug-likeness (QED) is 0.904. The molecular formula is C15H18N2O3S2. The summed E-state index contributed by atoms with van der Waals surface area (Å²) in [5.74, 6) is 0.126. The SMILES string of the molecule is O=C(CC(c1ccsc1)n1cccc1)NC1CCS(=O)(=O)C1. The molecule has 1 amide bonds. The zero-order chi connectivity index (χ0) is 15.6. The lowest BCUT2D eigenvalue weighted by Crippen LogP contribution is -2.36. The second-order valence-electron chi connectivity index (χ2n) is 5.57. The maximum Gasteiger partial charge on any atom is 0.222 e. The molecule has 1 N–H and O–H groups in total. The van der Waals surface area contributed by atoms with Gasteiger partial charge in [0.2, 0.25) is 5.91 Å². The topological polar surface area (TPSA) is 68.2 Å². The second-order valence-corrected chi connectivity index (χ2v) is 8.58. The van der Waals surface area contributed by atoms with E-state index in [4.69, 9.17) is 0 Å². The number of nitrogens with one attached hydrogen (secondary N) is 1. The van der Waals surface area contributed by atoms with Crippen LogP contribution in [0.1, 0.15) is 24.4 Å². The van der Waals surface area contributed by atoms with Crippen LogP contribution in [-0.2, 0) is 14.6 Å². The summed E-state index contributed by atoms with van der Waals surface area (Å²) < 4.78 is 24.9. The number of amides is 1. The molecule has 22 heavy (non-hydrogen) atoms. The Morgan fingerprint density at radius 2 is 2.18 bits per heavy atom. The van der Waals surface area contributed by atoms with Crippen molar-refractivity contribution in [1.29, 1.82) is 0 Å². The van der Waals surface area contributed by atoms with Gasteiger partial charge in [-0.25, -0.2) is 8.42 Å². The van der Waals surface area contributed by atoms with Gasteiger partial charge < -0.3 is 9.88 Å². The van der Waals surface area contributed by atoms with Crippen molar-refractivity contribution < 1.29 is 13.2 Å². The Hall–Kier alpha value is -1.60. The molecule has 0 saturated carbocycles. The summed E-state index contributed by atoms with van der Waals surface area (Å²) in [6.07, 6.45) is 4.70. The highest BCUT2D eigenvalue weighted by Gasteiger charge is 2.29. The van der Waals surface area contributed by atoms with Gasteiger partial charge in [-0.1, -0.05) is 0 Å². The summed E-state index contributed by atoms with van der Waals surface area (Å²) in [6.45, 7) is 0. The summed E-state index contributed by atoms with van der Waals surface area (Å²) in [6, 6.07) is 5.58. The zero-order valence-electron chi connectivity index (χ0n) is 12.0. The summed E-state index contributed by atoms with van der Waals surface area (Å²) in [4.78, 5) is 12.3. The van der Waals surface area contributed by atoms with Crippen molar-refractivity contribution in [1.82, 2.24) is 9.88 Å². The normalized spacial score (nSPS) is 21.5. The van der Waals surface area contributed by atoms with Crippen molar-refractivity contribution in [3.8, 4) is 0 Å². The molecule has 118 valence electrons. The van der Waals surface area contributed by atoms with Crippen LogP contribution in [0.3, 0.4) is 0 Å². The predicted molar refractivity (Wildman–Crippen MR) is 86.7 cm³/mol. The minimum atomic E-state index is -2.97. The van der Waals surface area contributed by atoms with Gasteiger partial charge in [0.25, 0.3) is 0 Å². The van der Waals surface area contributed by atoms with Gasteiger partial charge >= 0.3 is 0 Å².